The molecule has 3 nitrogen and oxygen atoms in total. The largest absolute Gasteiger partial charge is 0.339 e. The molecule has 0 atom stereocenters. The van der Waals surface area contributed by atoms with Crippen LogP contribution in [0.3, 0.4) is 0 Å². The SMILES string of the molecule is Cc1c(C(=O)N2CCCCC2)cc(-c2ccc(Cl)cc2Cl)n1-c1ccc(Cl)cc1. The van der Waals surface area contributed by atoms with E-state index in [9.17, 15) is 4.79 Å². The summed E-state index contributed by atoms with van der Waals surface area (Å²) in [7, 11) is 0. The van der Waals surface area contributed by atoms with Crippen LogP contribution in [0.25, 0.3) is 16.9 Å². The Morgan fingerprint density at radius 3 is 2.17 bits per heavy atom. The number of benzene rings is 2. The third-order valence-electron chi connectivity index (χ3n) is 5.41. The summed E-state index contributed by atoms with van der Waals surface area (Å²) in [6.45, 7) is 3.59. The smallest absolute Gasteiger partial charge is 0.255 e. The van der Waals surface area contributed by atoms with Gasteiger partial charge in [-0.25, -0.2) is 0 Å². The maximum absolute atomic E-state index is 13.3. The molecule has 150 valence electrons. The fourth-order valence-corrected chi connectivity index (χ4v) is 4.54. The van der Waals surface area contributed by atoms with Gasteiger partial charge in [-0.1, -0.05) is 34.8 Å². The molecule has 3 aromatic rings. The molecule has 29 heavy (non-hydrogen) atoms. The molecule has 4 rings (SSSR count). The average molecular weight is 448 g/mol. The maximum Gasteiger partial charge on any atom is 0.255 e. The maximum atomic E-state index is 13.3. The van der Waals surface area contributed by atoms with E-state index in [0.717, 1.165) is 48.6 Å². The van der Waals surface area contributed by atoms with Gasteiger partial charge in [-0.3, -0.25) is 4.79 Å². The van der Waals surface area contributed by atoms with Gasteiger partial charge in [0, 0.05) is 40.1 Å². The molecule has 0 N–H and O–H groups in total. The summed E-state index contributed by atoms with van der Waals surface area (Å²) in [5, 5.41) is 1.78. The summed E-state index contributed by atoms with van der Waals surface area (Å²) in [6, 6.07) is 14.9. The Bertz CT molecular complexity index is 1050. The third-order valence-corrected chi connectivity index (χ3v) is 6.21. The molecule has 2 heterocycles. The summed E-state index contributed by atoms with van der Waals surface area (Å²) >= 11 is 18.7. The molecule has 6 heteroatoms. The van der Waals surface area contributed by atoms with E-state index in [0.29, 0.717) is 20.6 Å². The minimum Gasteiger partial charge on any atom is -0.339 e. The number of carbonyl (C=O) groups excluding carboxylic acids is 1. The molecule has 1 aliphatic rings. The number of nitrogens with zero attached hydrogens (tertiary/aromatic N) is 2. The van der Waals surface area contributed by atoms with Crippen molar-refractivity contribution >= 4 is 40.7 Å². The van der Waals surface area contributed by atoms with Crippen molar-refractivity contribution in [3.05, 3.63) is 74.9 Å². The van der Waals surface area contributed by atoms with Crippen molar-refractivity contribution in [2.75, 3.05) is 13.1 Å². The predicted octanol–water partition coefficient (Wildman–Crippen LogP) is 7.04. The zero-order valence-corrected chi connectivity index (χ0v) is 18.4. The van der Waals surface area contributed by atoms with Crippen LogP contribution < -0.4 is 0 Å². The van der Waals surface area contributed by atoms with Crippen LogP contribution in [-0.2, 0) is 0 Å². The van der Waals surface area contributed by atoms with Gasteiger partial charge < -0.3 is 9.47 Å². The fourth-order valence-electron chi connectivity index (χ4n) is 3.91. The van der Waals surface area contributed by atoms with Crippen LogP contribution in [-0.4, -0.2) is 28.5 Å². The van der Waals surface area contributed by atoms with E-state index in [1.807, 2.05) is 54.3 Å². The molecular formula is C23H21Cl3N2O. The van der Waals surface area contributed by atoms with Crippen LogP contribution in [0.1, 0.15) is 35.3 Å². The van der Waals surface area contributed by atoms with Gasteiger partial charge in [-0.15, -0.1) is 0 Å². The lowest BCUT2D eigenvalue weighted by Gasteiger charge is -2.26. The molecule has 1 aromatic heterocycles. The van der Waals surface area contributed by atoms with E-state index in [2.05, 4.69) is 4.57 Å². The van der Waals surface area contributed by atoms with Gasteiger partial charge in [-0.05, 0) is 74.7 Å². The third kappa shape index (κ3) is 4.05. The van der Waals surface area contributed by atoms with E-state index >= 15 is 0 Å². The van der Waals surface area contributed by atoms with Gasteiger partial charge in [0.2, 0.25) is 0 Å². The molecule has 0 spiro atoms. The number of likely N-dealkylation sites (tertiary alicyclic amines) is 1. The number of piperidine rings is 1. The molecule has 1 aliphatic heterocycles. The number of carbonyl (C=O) groups is 1. The standard InChI is InChI=1S/C23H21Cl3N2O/c1-15-20(23(29)27-11-3-2-4-12-27)14-22(19-10-7-17(25)13-21(19)26)28(15)18-8-5-16(24)6-9-18/h5-10,13-14H,2-4,11-12H2,1H3. The summed E-state index contributed by atoms with van der Waals surface area (Å²) in [4.78, 5) is 15.2. The Morgan fingerprint density at radius 2 is 1.52 bits per heavy atom. The van der Waals surface area contributed by atoms with Crippen molar-refractivity contribution in [1.29, 1.82) is 0 Å². The van der Waals surface area contributed by atoms with Crippen LogP contribution in [0.5, 0.6) is 0 Å². The lowest BCUT2D eigenvalue weighted by atomic mass is 10.1. The van der Waals surface area contributed by atoms with E-state index in [4.69, 9.17) is 34.8 Å². The van der Waals surface area contributed by atoms with Crippen LogP contribution in [0.2, 0.25) is 15.1 Å². The molecule has 1 fully saturated rings. The first-order valence-electron chi connectivity index (χ1n) is 9.68. The highest BCUT2D eigenvalue weighted by atomic mass is 35.5. The van der Waals surface area contributed by atoms with Gasteiger partial charge in [0.1, 0.15) is 0 Å². The molecule has 0 aliphatic carbocycles. The molecule has 0 radical (unpaired) electrons. The van der Waals surface area contributed by atoms with Crippen molar-refractivity contribution in [2.45, 2.75) is 26.2 Å². The van der Waals surface area contributed by atoms with E-state index in [1.54, 1.807) is 6.07 Å². The summed E-state index contributed by atoms with van der Waals surface area (Å²) < 4.78 is 2.06. The van der Waals surface area contributed by atoms with Crippen molar-refractivity contribution < 1.29 is 4.79 Å². The first-order valence-corrected chi connectivity index (χ1v) is 10.8. The Morgan fingerprint density at radius 1 is 0.862 bits per heavy atom. The fraction of sp³-hybridized carbons (Fsp3) is 0.261. The first-order chi connectivity index (χ1) is 14.0. The number of hydrogen-bond donors (Lipinski definition) is 0. The summed E-state index contributed by atoms with van der Waals surface area (Å²) in [5.41, 5.74) is 4.18. The molecule has 0 saturated carbocycles. The normalized spacial score (nSPS) is 14.3. The van der Waals surface area contributed by atoms with E-state index in [1.165, 1.54) is 6.42 Å². The van der Waals surface area contributed by atoms with Crippen LogP contribution in [0.15, 0.2) is 48.5 Å². The van der Waals surface area contributed by atoms with Gasteiger partial charge in [0.05, 0.1) is 16.3 Å². The molecular weight excluding hydrogens is 427 g/mol. The lowest BCUT2D eigenvalue weighted by molar-refractivity contribution is 0.0723. The average Bonchev–Trinajstić information content (AvgIpc) is 3.05. The van der Waals surface area contributed by atoms with Gasteiger partial charge in [0.25, 0.3) is 5.91 Å². The van der Waals surface area contributed by atoms with Crippen LogP contribution in [0.4, 0.5) is 0 Å². The zero-order valence-electron chi connectivity index (χ0n) is 16.1. The minimum absolute atomic E-state index is 0.0706. The van der Waals surface area contributed by atoms with Crippen molar-refractivity contribution in [1.82, 2.24) is 9.47 Å². The number of amides is 1. The zero-order chi connectivity index (χ0) is 20.5. The Balaban J connectivity index is 1.88. The quantitative estimate of drug-likeness (QED) is 0.423. The second-order valence-electron chi connectivity index (χ2n) is 7.32. The molecule has 0 bridgehead atoms. The molecule has 2 aromatic carbocycles. The molecule has 0 unspecified atom stereocenters. The highest BCUT2D eigenvalue weighted by Gasteiger charge is 2.25. The number of hydrogen-bond acceptors (Lipinski definition) is 1. The Labute approximate surface area is 185 Å². The summed E-state index contributed by atoms with van der Waals surface area (Å²) in [6.07, 6.45) is 3.29. The number of halogens is 3. The van der Waals surface area contributed by atoms with Crippen LogP contribution in [0, 0.1) is 6.92 Å². The van der Waals surface area contributed by atoms with E-state index in [-0.39, 0.29) is 5.91 Å². The van der Waals surface area contributed by atoms with Gasteiger partial charge >= 0.3 is 0 Å². The van der Waals surface area contributed by atoms with Crippen molar-refractivity contribution in [2.24, 2.45) is 0 Å². The highest BCUT2D eigenvalue weighted by molar-refractivity contribution is 6.36. The Hall–Kier alpha value is -1.94. The first kappa shape index (κ1) is 20.3. The van der Waals surface area contributed by atoms with Crippen molar-refractivity contribution in [3.8, 4) is 16.9 Å². The second-order valence-corrected chi connectivity index (χ2v) is 8.60. The minimum atomic E-state index is 0.0706. The van der Waals surface area contributed by atoms with Crippen molar-refractivity contribution in [3.63, 3.8) is 0 Å². The highest BCUT2D eigenvalue weighted by Crippen LogP contribution is 2.36. The lowest BCUT2D eigenvalue weighted by Crippen LogP contribution is -2.35. The molecule has 1 amide bonds. The van der Waals surface area contributed by atoms with Crippen LogP contribution >= 0.6 is 34.8 Å². The predicted molar refractivity (Wildman–Crippen MR) is 121 cm³/mol. The number of aromatic nitrogens is 1. The second kappa shape index (κ2) is 8.43. The van der Waals surface area contributed by atoms with Gasteiger partial charge in [-0.2, -0.15) is 0 Å². The molecule has 1 saturated heterocycles. The topological polar surface area (TPSA) is 25.2 Å². The Kier molecular flexibility index (Phi) is 5.91. The van der Waals surface area contributed by atoms with E-state index < -0.39 is 0 Å². The monoisotopic (exact) mass is 446 g/mol. The van der Waals surface area contributed by atoms with Gasteiger partial charge in [0.15, 0.2) is 0 Å². The number of rotatable bonds is 3. The summed E-state index contributed by atoms with van der Waals surface area (Å²) in [5.74, 6) is 0.0706.